The summed E-state index contributed by atoms with van der Waals surface area (Å²) in [5.41, 5.74) is 8.18. The van der Waals surface area contributed by atoms with Crippen molar-refractivity contribution in [1.82, 2.24) is 19.5 Å². The van der Waals surface area contributed by atoms with Crippen LogP contribution < -0.4 is 15.4 Å². The Hall–Kier alpha value is -2.15. The minimum atomic E-state index is 0.0232. The molecule has 2 N–H and O–H groups in total. The molecular weight excluding hydrogens is 268 g/mol. The smallest absolute Gasteiger partial charge is 0.228 e. The quantitative estimate of drug-likeness (QED) is 0.883. The third-order valence-electron chi connectivity index (χ3n) is 3.78. The summed E-state index contributed by atoms with van der Waals surface area (Å²) in [6, 6.07) is 1.84. The second-order valence-corrected chi connectivity index (χ2v) is 5.49. The van der Waals surface area contributed by atoms with Gasteiger partial charge in [-0.15, -0.1) is 0 Å². The van der Waals surface area contributed by atoms with Crippen molar-refractivity contribution in [3.8, 4) is 5.88 Å². The number of aromatic nitrogens is 4. The number of imidazole rings is 1. The van der Waals surface area contributed by atoms with E-state index in [2.05, 4.69) is 19.9 Å². The minimum Gasteiger partial charge on any atom is -0.481 e. The molecule has 0 aliphatic carbocycles. The van der Waals surface area contributed by atoms with Crippen molar-refractivity contribution < 1.29 is 4.74 Å². The van der Waals surface area contributed by atoms with Gasteiger partial charge in [0.1, 0.15) is 0 Å². The summed E-state index contributed by atoms with van der Waals surface area (Å²) in [7, 11) is 3.57. The van der Waals surface area contributed by atoms with E-state index >= 15 is 0 Å². The minimum absolute atomic E-state index is 0.0232. The van der Waals surface area contributed by atoms with Crippen LogP contribution in [0.15, 0.2) is 18.6 Å². The van der Waals surface area contributed by atoms with Gasteiger partial charge in [0.25, 0.3) is 0 Å². The molecule has 1 fully saturated rings. The molecule has 2 aromatic heterocycles. The number of nitrogens with zero attached hydrogens (tertiary/aromatic N) is 5. The average Bonchev–Trinajstić information content (AvgIpc) is 3.04. The highest BCUT2D eigenvalue weighted by atomic mass is 16.5. The predicted molar refractivity (Wildman–Crippen MR) is 79.5 cm³/mol. The summed E-state index contributed by atoms with van der Waals surface area (Å²) in [6.45, 7) is 3.42. The van der Waals surface area contributed by atoms with Crippen molar-refractivity contribution >= 4 is 5.95 Å². The molecule has 1 aliphatic rings. The number of anilines is 1. The van der Waals surface area contributed by atoms with Crippen molar-refractivity contribution in [2.75, 3.05) is 25.1 Å². The summed E-state index contributed by atoms with van der Waals surface area (Å²) in [5, 5.41) is 0. The fourth-order valence-electron chi connectivity index (χ4n) is 2.70. The summed E-state index contributed by atoms with van der Waals surface area (Å²) >= 11 is 0. The number of methoxy groups -OCH3 is 1. The maximum Gasteiger partial charge on any atom is 0.228 e. The molecular formula is C14H20N6O. The Morgan fingerprint density at radius 2 is 2.14 bits per heavy atom. The van der Waals surface area contributed by atoms with Crippen LogP contribution in [0.5, 0.6) is 5.88 Å². The van der Waals surface area contributed by atoms with Crippen LogP contribution in [0.25, 0.3) is 0 Å². The Morgan fingerprint density at radius 3 is 2.81 bits per heavy atom. The molecule has 0 amide bonds. The second kappa shape index (κ2) is 5.33. The van der Waals surface area contributed by atoms with E-state index in [1.165, 1.54) is 0 Å². The third kappa shape index (κ3) is 2.69. The van der Waals surface area contributed by atoms with Crippen molar-refractivity contribution in [2.24, 2.45) is 12.8 Å². The Morgan fingerprint density at radius 1 is 1.33 bits per heavy atom. The summed E-state index contributed by atoms with van der Waals surface area (Å²) in [5.74, 6) is 1.44. The fourth-order valence-corrected chi connectivity index (χ4v) is 2.70. The predicted octanol–water partition coefficient (Wildman–Crippen LogP) is 0.458. The summed E-state index contributed by atoms with van der Waals surface area (Å²) in [6.07, 6.45) is 3.82. The lowest BCUT2D eigenvalue weighted by Crippen LogP contribution is -2.29. The van der Waals surface area contributed by atoms with Crippen LogP contribution in [0, 0.1) is 6.92 Å². The molecule has 3 heterocycles. The highest BCUT2D eigenvalue weighted by Gasteiger charge is 2.34. The third-order valence-corrected chi connectivity index (χ3v) is 3.78. The van der Waals surface area contributed by atoms with E-state index in [0.29, 0.717) is 18.4 Å². The first-order valence-corrected chi connectivity index (χ1v) is 6.95. The molecule has 3 rings (SSSR count). The molecule has 2 aromatic rings. The van der Waals surface area contributed by atoms with Crippen LogP contribution in [0.3, 0.4) is 0 Å². The first-order chi connectivity index (χ1) is 10.1. The normalized spacial score (nSPS) is 21.8. The van der Waals surface area contributed by atoms with E-state index in [4.69, 9.17) is 10.5 Å². The Kier molecular flexibility index (Phi) is 3.50. The van der Waals surface area contributed by atoms with Gasteiger partial charge in [-0.1, -0.05) is 0 Å². The SMILES string of the molecule is COc1cc(C)nc(N2C[C@@H](N)[C@H](c3cn(C)cn3)C2)n1. The number of ether oxygens (including phenoxy) is 1. The molecule has 0 radical (unpaired) electrons. The van der Waals surface area contributed by atoms with Crippen LogP contribution in [-0.4, -0.2) is 45.8 Å². The van der Waals surface area contributed by atoms with Crippen molar-refractivity contribution in [1.29, 1.82) is 0 Å². The molecule has 0 unspecified atom stereocenters. The zero-order valence-electron chi connectivity index (χ0n) is 12.5. The van der Waals surface area contributed by atoms with E-state index in [0.717, 1.165) is 17.9 Å². The monoisotopic (exact) mass is 288 g/mol. The zero-order valence-corrected chi connectivity index (χ0v) is 12.5. The average molecular weight is 288 g/mol. The molecule has 0 bridgehead atoms. The Labute approximate surface area is 123 Å². The number of aryl methyl sites for hydroxylation is 2. The summed E-state index contributed by atoms with van der Waals surface area (Å²) < 4.78 is 7.15. The highest BCUT2D eigenvalue weighted by Crippen LogP contribution is 2.28. The van der Waals surface area contributed by atoms with Crippen LogP contribution in [0.2, 0.25) is 0 Å². The number of nitrogens with two attached hydrogens (primary N) is 1. The maximum absolute atomic E-state index is 6.28. The zero-order chi connectivity index (χ0) is 15.0. The lowest BCUT2D eigenvalue weighted by molar-refractivity contribution is 0.396. The topological polar surface area (TPSA) is 82.1 Å². The van der Waals surface area contributed by atoms with Gasteiger partial charge in [-0.25, -0.2) is 9.97 Å². The van der Waals surface area contributed by atoms with Crippen LogP contribution >= 0.6 is 0 Å². The molecule has 2 atom stereocenters. The lowest BCUT2D eigenvalue weighted by Gasteiger charge is -2.16. The van der Waals surface area contributed by atoms with Crippen molar-refractivity contribution in [3.05, 3.63) is 30.0 Å². The molecule has 0 spiro atoms. The van der Waals surface area contributed by atoms with Gasteiger partial charge >= 0.3 is 0 Å². The van der Waals surface area contributed by atoms with E-state index in [1.54, 1.807) is 13.4 Å². The van der Waals surface area contributed by atoms with Crippen molar-refractivity contribution in [2.45, 2.75) is 18.9 Å². The number of hydrogen-bond donors (Lipinski definition) is 1. The second-order valence-electron chi connectivity index (χ2n) is 5.49. The molecule has 0 aromatic carbocycles. The molecule has 7 nitrogen and oxygen atoms in total. The molecule has 1 aliphatic heterocycles. The van der Waals surface area contributed by atoms with Gasteiger partial charge in [0.2, 0.25) is 11.8 Å². The van der Waals surface area contributed by atoms with Crippen LogP contribution in [-0.2, 0) is 7.05 Å². The molecule has 7 heteroatoms. The van der Waals surface area contributed by atoms with Gasteiger partial charge < -0.3 is 19.9 Å². The Bertz CT molecular complexity index is 640. The van der Waals surface area contributed by atoms with E-state index < -0.39 is 0 Å². The first kappa shape index (κ1) is 13.8. The van der Waals surface area contributed by atoms with Gasteiger partial charge in [-0.3, -0.25) is 0 Å². The molecule has 112 valence electrons. The van der Waals surface area contributed by atoms with Crippen LogP contribution in [0.1, 0.15) is 17.3 Å². The van der Waals surface area contributed by atoms with Gasteiger partial charge in [-0.05, 0) is 6.92 Å². The molecule has 1 saturated heterocycles. The van der Waals surface area contributed by atoms with Gasteiger partial charge in [0.05, 0.1) is 19.1 Å². The molecule has 21 heavy (non-hydrogen) atoms. The van der Waals surface area contributed by atoms with E-state index in [9.17, 15) is 0 Å². The number of hydrogen-bond acceptors (Lipinski definition) is 6. The largest absolute Gasteiger partial charge is 0.481 e. The Balaban J connectivity index is 1.84. The number of rotatable bonds is 3. The lowest BCUT2D eigenvalue weighted by atomic mass is 10.0. The standard InChI is InChI=1S/C14H20N6O/c1-9-4-13(21-3)18-14(17-9)20-5-10(11(15)6-20)12-7-19(2)8-16-12/h4,7-8,10-11H,5-6,15H2,1-3H3/t10-,11-/m1/s1. The first-order valence-electron chi connectivity index (χ1n) is 6.95. The fraction of sp³-hybridized carbons (Fsp3) is 0.500. The molecule has 0 saturated carbocycles. The van der Waals surface area contributed by atoms with Gasteiger partial charge in [0, 0.05) is 50.1 Å². The van der Waals surface area contributed by atoms with E-state index in [1.807, 2.05) is 30.8 Å². The van der Waals surface area contributed by atoms with Crippen molar-refractivity contribution in [3.63, 3.8) is 0 Å². The summed E-state index contributed by atoms with van der Waals surface area (Å²) in [4.78, 5) is 15.4. The van der Waals surface area contributed by atoms with Crippen LogP contribution in [0.4, 0.5) is 5.95 Å². The maximum atomic E-state index is 6.28. The van der Waals surface area contributed by atoms with Gasteiger partial charge in [0.15, 0.2) is 0 Å². The highest BCUT2D eigenvalue weighted by molar-refractivity contribution is 5.38. The van der Waals surface area contributed by atoms with E-state index in [-0.39, 0.29) is 12.0 Å². The van der Waals surface area contributed by atoms with Gasteiger partial charge in [-0.2, -0.15) is 4.98 Å².